The average Bonchev–Trinajstić information content (AvgIpc) is 2.90. The zero-order chi connectivity index (χ0) is 13.9. The van der Waals surface area contributed by atoms with Crippen LogP contribution < -0.4 is 10.6 Å². The highest BCUT2D eigenvalue weighted by molar-refractivity contribution is 5.82. The molecule has 1 aliphatic heterocycles. The lowest BCUT2D eigenvalue weighted by Crippen LogP contribution is -2.45. The number of rotatable bonds is 3. The first kappa shape index (κ1) is 14.4. The highest BCUT2D eigenvalue weighted by Crippen LogP contribution is 2.33. The van der Waals surface area contributed by atoms with E-state index in [0.29, 0.717) is 12.0 Å². The Balaban J connectivity index is 1.45. The molecule has 5 unspecified atom stereocenters. The molecule has 0 spiro atoms. The number of hydrogen-bond donors (Lipinski definition) is 2. The molecule has 0 aromatic rings. The van der Waals surface area contributed by atoms with Crippen molar-refractivity contribution in [2.24, 2.45) is 17.8 Å². The van der Waals surface area contributed by atoms with Gasteiger partial charge in [0.05, 0.1) is 6.04 Å². The van der Waals surface area contributed by atoms with E-state index in [4.69, 9.17) is 0 Å². The maximum atomic E-state index is 12.4. The Labute approximate surface area is 123 Å². The van der Waals surface area contributed by atoms with Gasteiger partial charge in [0.2, 0.25) is 5.91 Å². The van der Waals surface area contributed by atoms with Crippen LogP contribution in [0.15, 0.2) is 0 Å². The second-order valence-electron chi connectivity index (χ2n) is 7.37. The van der Waals surface area contributed by atoms with Crippen LogP contribution in [-0.4, -0.2) is 24.5 Å². The Bertz CT molecular complexity index is 330. The highest BCUT2D eigenvalue weighted by atomic mass is 16.2. The van der Waals surface area contributed by atoms with Crippen LogP contribution in [0.3, 0.4) is 0 Å². The van der Waals surface area contributed by atoms with Gasteiger partial charge in [-0.15, -0.1) is 0 Å². The molecule has 0 aromatic heterocycles. The van der Waals surface area contributed by atoms with Gasteiger partial charge in [0.15, 0.2) is 0 Å². The van der Waals surface area contributed by atoms with Crippen LogP contribution in [0.2, 0.25) is 0 Å². The first-order chi connectivity index (χ1) is 9.74. The molecule has 3 rings (SSSR count). The summed E-state index contributed by atoms with van der Waals surface area (Å²) in [6, 6.07) is 0.704. The maximum Gasteiger partial charge on any atom is 0.237 e. The predicted octanol–water partition coefficient (Wildman–Crippen LogP) is 2.85. The Morgan fingerprint density at radius 2 is 1.85 bits per heavy atom. The minimum atomic E-state index is 0.0852. The first-order valence-corrected chi connectivity index (χ1v) is 8.78. The van der Waals surface area contributed by atoms with Gasteiger partial charge in [0.25, 0.3) is 0 Å². The lowest BCUT2D eigenvalue weighted by molar-refractivity contribution is -0.123. The summed E-state index contributed by atoms with van der Waals surface area (Å²) in [6.45, 7) is 3.24. The molecule has 0 bridgehead atoms. The van der Waals surface area contributed by atoms with Crippen LogP contribution in [0, 0.1) is 17.8 Å². The van der Waals surface area contributed by atoms with E-state index < -0.39 is 0 Å². The van der Waals surface area contributed by atoms with Gasteiger partial charge in [-0.2, -0.15) is 0 Å². The molecule has 0 aromatic carbocycles. The van der Waals surface area contributed by atoms with E-state index in [-0.39, 0.29) is 11.9 Å². The Kier molecular flexibility index (Phi) is 4.65. The van der Waals surface area contributed by atoms with Crippen molar-refractivity contribution in [2.45, 2.75) is 76.8 Å². The second-order valence-corrected chi connectivity index (χ2v) is 7.37. The van der Waals surface area contributed by atoms with E-state index in [2.05, 4.69) is 17.6 Å². The molecule has 3 fully saturated rings. The average molecular weight is 278 g/mol. The van der Waals surface area contributed by atoms with Gasteiger partial charge < -0.3 is 10.6 Å². The summed E-state index contributed by atoms with van der Waals surface area (Å²) in [4.78, 5) is 12.4. The van der Waals surface area contributed by atoms with Gasteiger partial charge in [-0.1, -0.05) is 39.0 Å². The molecule has 0 radical (unpaired) electrons. The fourth-order valence-corrected chi connectivity index (χ4v) is 4.57. The van der Waals surface area contributed by atoms with E-state index in [9.17, 15) is 4.79 Å². The van der Waals surface area contributed by atoms with Crippen molar-refractivity contribution in [1.29, 1.82) is 0 Å². The molecule has 114 valence electrons. The Morgan fingerprint density at radius 1 is 1.10 bits per heavy atom. The van der Waals surface area contributed by atoms with Gasteiger partial charge in [0.1, 0.15) is 0 Å². The molecule has 2 N–H and O–H groups in total. The van der Waals surface area contributed by atoms with Crippen molar-refractivity contribution in [3.63, 3.8) is 0 Å². The largest absolute Gasteiger partial charge is 0.354 e. The summed E-state index contributed by atoms with van der Waals surface area (Å²) in [5.41, 5.74) is 0. The van der Waals surface area contributed by atoms with Crippen LogP contribution in [0.5, 0.6) is 0 Å². The molecule has 2 aliphatic carbocycles. The van der Waals surface area contributed by atoms with Crippen LogP contribution in [-0.2, 0) is 4.79 Å². The predicted molar refractivity (Wildman–Crippen MR) is 81.4 cm³/mol. The summed E-state index contributed by atoms with van der Waals surface area (Å²) < 4.78 is 0. The van der Waals surface area contributed by atoms with E-state index in [1.165, 1.54) is 51.4 Å². The zero-order valence-corrected chi connectivity index (χ0v) is 12.9. The normalized spacial score (nSPS) is 41.1. The van der Waals surface area contributed by atoms with Gasteiger partial charge >= 0.3 is 0 Å². The van der Waals surface area contributed by atoms with Gasteiger partial charge in [-0.25, -0.2) is 0 Å². The topological polar surface area (TPSA) is 41.1 Å². The Morgan fingerprint density at radius 3 is 2.65 bits per heavy atom. The van der Waals surface area contributed by atoms with Gasteiger partial charge in [-0.3, -0.25) is 4.79 Å². The molecule has 1 saturated heterocycles. The van der Waals surface area contributed by atoms with Gasteiger partial charge in [-0.05, 0) is 43.4 Å². The number of amides is 1. The van der Waals surface area contributed by atoms with Crippen molar-refractivity contribution in [3.05, 3.63) is 0 Å². The maximum absolute atomic E-state index is 12.4. The smallest absolute Gasteiger partial charge is 0.237 e. The summed E-state index contributed by atoms with van der Waals surface area (Å²) in [5.74, 6) is 2.50. The van der Waals surface area contributed by atoms with Crippen LogP contribution in [0.1, 0.15) is 64.7 Å². The second kappa shape index (κ2) is 6.46. The van der Waals surface area contributed by atoms with Crippen molar-refractivity contribution >= 4 is 5.91 Å². The monoisotopic (exact) mass is 278 g/mol. The highest BCUT2D eigenvalue weighted by Gasteiger charge is 2.38. The lowest BCUT2D eigenvalue weighted by atomic mass is 9.80. The quantitative estimate of drug-likeness (QED) is 0.833. The number of carbonyl (C=O) groups is 1. The lowest BCUT2D eigenvalue weighted by Gasteiger charge is -2.29. The molecule has 1 amide bonds. The fraction of sp³-hybridized carbons (Fsp3) is 0.941. The molecule has 5 atom stereocenters. The SMILES string of the molecule is CC1CCCCC1CNC(=O)C1CC2CCCCC2N1. The molecule has 3 aliphatic rings. The summed E-state index contributed by atoms with van der Waals surface area (Å²) in [5, 5.41) is 6.81. The molecule has 3 heteroatoms. The molecule has 3 nitrogen and oxygen atoms in total. The van der Waals surface area contributed by atoms with Crippen molar-refractivity contribution in [1.82, 2.24) is 10.6 Å². The first-order valence-electron chi connectivity index (χ1n) is 8.78. The van der Waals surface area contributed by atoms with Crippen LogP contribution >= 0.6 is 0 Å². The van der Waals surface area contributed by atoms with E-state index >= 15 is 0 Å². The minimum Gasteiger partial charge on any atom is -0.354 e. The van der Waals surface area contributed by atoms with Crippen LogP contribution in [0.4, 0.5) is 0 Å². The summed E-state index contributed by atoms with van der Waals surface area (Å²) >= 11 is 0. The third-order valence-corrected chi connectivity index (χ3v) is 6.01. The molecule has 1 heterocycles. The van der Waals surface area contributed by atoms with E-state index in [1.807, 2.05) is 0 Å². The number of nitrogens with one attached hydrogen (secondary N) is 2. The van der Waals surface area contributed by atoms with Crippen molar-refractivity contribution < 1.29 is 4.79 Å². The number of fused-ring (bicyclic) bond motifs is 1. The third kappa shape index (κ3) is 3.19. The Hall–Kier alpha value is -0.570. The molecule has 2 saturated carbocycles. The minimum absolute atomic E-state index is 0.0852. The van der Waals surface area contributed by atoms with E-state index in [0.717, 1.165) is 24.8 Å². The zero-order valence-electron chi connectivity index (χ0n) is 12.9. The fourth-order valence-electron chi connectivity index (χ4n) is 4.57. The van der Waals surface area contributed by atoms with Crippen LogP contribution in [0.25, 0.3) is 0 Å². The van der Waals surface area contributed by atoms with Gasteiger partial charge in [0, 0.05) is 12.6 Å². The molecule has 20 heavy (non-hydrogen) atoms. The number of carbonyl (C=O) groups excluding carboxylic acids is 1. The molecular formula is C17H30N2O. The standard InChI is InChI=1S/C17H30N2O/c1-12-6-2-3-8-14(12)11-18-17(20)16-10-13-7-4-5-9-15(13)19-16/h12-16,19H,2-11H2,1H3,(H,18,20). The third-order valence-electron chi connectivity index (χ3n) is 6.01. The van der Waals surface area contributed by atoms with Crippen molar-refractivity contribution in [3.8, 4) is 0 Å². The van der Waals surface area contributed by atoms with Crippen molar-refractivity contribution in [2.75, 3.05) is 6.54 Å². The number of hydrogen-bond acceptors (Lipinski definition) is 2. The van der Waals surface area contributed by atoms with E-state index in [1.54, 1.807) is 0 Å². The molecular weight excluding hydrogens is 248 g/mol. The summed E-state index contributed by atoms with van der Waals surface area (Å²) in [7, 11) is 0. The summed E-state index contributed by atoms with van der Waals surface area (Å²) in [6.07, 6.45) is 11.7.